The number of aromatic nitrogens is 3. The first-order valence-corrected chi connectivity index (χ1v) is 9.86. The Morgan fingerprint density at radius 2 is 1.80 bits per heavy atom. The molecule has 2 unspecified atom stereocenters. The van der Waals surface area contributed by atoms with Gasteiger partial charge in [0.05, 0.1) is 0 Å². The van der Waals surface area contributed by atoms with Crippen LogP contribution in [0.15, 0.2) is 48.5 Å². The van der Waals surface area contributed by atoms with E-state index < -0.39 is 18.2 Å². The fraction of sp³-hybridized carbons (Fsp3) is 0.273. The third kappa shape index (κ3) is 2.67. The molecule has 2 aliphatic heterocycles. The summed E-state index contributed by atoms with van der Waals surface area (Å²) in [6.45, 7) is 4.60. The van der Waals surface area contributed by atoms with Gasteiger partial charge in [0.2, 0.25) is 5.95 Å². The summed E-state index contributed by atoms with van der Waals surface area (Å²) in [6, 6.07) is 15.0. The van der Waals surface area contributed by atoms with Gasteiger partial charge in [0.1, 0.15) is 6.17 Å². The zero-order chi connectivity index (χ0) is 21.0. The van der Waals surface area contributed by atoms with Gasteiger partial charge in [-0.2, -0.15) is 0 Å². The molecule has 1 fully saturated rings. The number of aryl methyl sites for hydroxylation is 2. The van der Waals surface area contributed by atoms with Crippen molar-refractivity contribution < 1.29 is 9.59 Å². The second-order valence-corrected chi connectivity index (χ2v) is 7.88. The van der Waals surface area contributed by atoms with E-state index in [1.165, 1.54) is 0 Å². The smallest absolute Gasteiger partial charge is 0.321 e. The van der Waals surface area contributed by atoms with Crippen molar-refractivity contribution in [1.29, 1.82) is 0 Å². The molecule has 0 radical (unpaired) electrons. The maximum absolute atomic E-state index is 12.9. The van der Waals surface area contributed by atoms with Crippen molar-refractivity contribution in [2.45, 2.75) is 32.6 Å². The van der Waals surface area contributed by atoms with Gasteiger partial charge in [-0.25, -0.2) is 4.79 Å². The van der Waals surface area contributed by atoms with Gasteiger partial charge in [0.15, 0.2) is 11.9 Å². The quantitative estimate of drug-likeness (QED) is 0.728. The second-order valence-electron chi connectivity index (χ2n) is 7.88. The Balaban J connectivity index is 1.66. The van der Waals surface area contributed by atoms with Crippen molar-refractivity contribution in [1.82, 2.24) is 25.0 Å². The number of likely N-dealkylation sites (N-methyl/N-ethyl adjacent to an activating group) is 1. The van der Waals surface area contributed by atoms with Crippen LogP contribution in [0.4, 0.5) is 10.7 Å². The van der Waals surface area contributed by atoms with Crippen LogP contribution in [0.25, 0.3) is 11.4 Å². The highest BCUT2D eigenvalue weighted by Gasteiger charge is 2.52. The van der Waals surface area contributed by atoms with E-state index in [1.54, 1.807) is 11.9 Å². The van der Waals surface area contributed by atoms with Gasteiger partial charge in [0.25, 0.3) is 5.91 Å². The van der Waals surface area contributed by atoms with Crippen molar-refractivity contribution in [3.63, 3.8) is 0 Å². The Morgan fingerprint density at radius 3 is 2.57 bits per heavy atom. The molecule has 152 valence electrons. The summed E-state index contributed by atoms with van der Waals surface area (Å²) >= 11 is 0. The Kier molecular flexibility index (Phi) is 4.09. The molecule has 1 N–H and O–H groups in total. The van der Waals surface area contributed by atoms with E-state index in [-0.39, 0.29) is 5.91 Å². The van der Waals surface area contributed by atoms with E-state index in [0.29, 0.717) is 18.3 Å². The topological polar surface area (TPSA) is 83.4 Å². The molecule has 3 heterocycles. The number of anilines is 1. The van der Waals surface area contributed by atoms with Crippen LogP contribution < -0.4 is 10.2 Å². The molecule has 1 aromatic heterocycles. The lowest BCUT2D eigenvalue weighted by Crippen LogP contribution is -2.61. The van der Waals surface area contributed by atoms with Crippen LogP contribution >= 0.6 is 0 Å². The van der Waals surface area contributed by atoms with Gasteiger partial charge in [-0.1, -0.05) is 54.1 Å². The van der Waals surface area contributed by atoms with Crippen LogP contribution in [0, 0.1) is 13.8 Å². The van der Waals surface area contributed by atoms with E-state index in [4.69, 9.17) is 0 Å². The Morgan fingerprint density at radius 1 is 1.03 bits per heavy atom. The molecule has 3 aromatic rings. The number of amides is 3. The number of hydrogen-bond donors (Lipinski definition) is 1. The Labute approximate surface area is 174 Å². The second kappa shape index (κ2) is 6.69. The number of fused-ring (bicyclic) bond motifs is 3. The number of nitrogens with zero attached hydrogens (tertiary/aromatic N) is 5. The van der Waals surface area contributed by atoms with Crippen LogP contribution in [0.2, 0.25) is 0 Å². The molecule has 0 spiro atoms. The number of imide groups is 1. The summed E-state index contributed by atoms with van der Waals surface area (Å²) in [5.41, 5.74) is 4.28. The van der Waals surface area contributed by atoms with Crippen molar-refractivity contribution in [2.75, 3.05) is 11.9 Å². The average molecular weight is 402 g/mol. The molecule has 0 bridgehead atoms. The number of carbonyl (C=O) groups excluding carboxylic acids is 2. The molecule has 8 nitrogen and oxygen atoms in total. The summed E-state index contributed by atoms with van der Waals surface area (Å²) in [7, 11) is 1.69. The maximum atomic E-state index is 12.9. The maximum Gasteiger partial charge on any atom is 0.325 e. The first-order chi connectivity index (χ1) is 14.5. The minimum Gasteiger partial charge on any atom is -0.321 e. The third-order valence-electron chi connectivity index (χ3n) is 5.91. The first-order valence-electron chi connectivity index (χ1n) is 9.86. The molecule has 0 aliphatic carbocycles. The van der Waals surface area contributed by atoms with Crippen molar-refractivity contribution in [3.8, 4) is 11.4 Å². The lowest BCUT2D eigenvalue weighted by atomic mass is 10.0. The van der Waals surface area contributed by atoms with Gasteiger partial charge in [-0.05, 0) is 25.0 Å². The summed E-state index contributed by atoms with van der Waals surface area (Å²) in [4.78, 5) is 28.8. The lowest BCUT2D eigenvalue weighted by molar-refractivity contribution is -0.124. The molecule has 5 rings (SSSR count). The summed E-state index contributed by atoms with van der Waals surface area (Å²) in [5, 5.41) is 11.3. The van der Waals surface area contributed by atoms with E-state index >= 15 is 0 Å². The fourth-order valence-corrected chi connectivity index (χ4v) is 4.31. The van der Waals surface area contributed by atoms with E-state index in [0.717, 1.165) is 22.3 Å². The SMILES string of the molecule is Cc1ccc(C)c(CN2c3nnc(-c4ccccc4)n3C3C2C(=O)NC(=O)N3C)c1. The highest BCUT2D eigenvalue weighted by molar-refractivity contribution is 6.02. The summed E-state index contributed by atoms with van der Waals surface area (Å²) in [5.74, 6) is 0.901. The first kappa shape index (κ1) is 18.4. The van der Waals surface area contributed by atoms with Crippen LogP contribution in [-0.2, 0) is 11.3 Å². The molecule has 30 heavy (non-hydrogen) atoms. The van der Waals surface area contributed by atoms with Gasteiger partial charge in [-0.3, -0.25) is 14.7 Å². The van der Waals surface area contributed by atoms with Gasteiger partial charge >= 0.3 is 6.03 Å². The van der Waals surface area contributed by atoms with Gasteiger partial charge in [0, 0.05) is 19.2 Å². The number of rotatable bonds is 3. The predicted molar refractivity (Wildman–Crippen MR) is 112 cm³/mol. The fourth-order valence-electron chi connectivity index (χ4n) is 4.31. The van der Waals surface area contributed by atoms with Crippen molar-refractivity contribution >= 4 is 17.9 Å². The molecular weight excluding hydrogens is 380 g/mol. The number of nitrogens with one attached hydrogen (secondary N) is 1. The van der Waals surface area contributed by atoms with Crippen LogP contribution in [-0.4, -0.2) is 44.7 Å². The largest absolute Gasteiger partial charge is 0.325 e. The number of hydrogen-bond acceptors (Lipinski definition) is 5. The Hall–Kier alpha value is -3.68. The van der Waals surface area contributed by atoms with Crippen molar-refractivity contribution in [2.24, 2.45) is 0 Å². The minimum absolute atomic E-state index is 0.321. The minimum atomic E-state index is -0.583. The molecule has 8 heteroatoms. The highest BCUT2D eigenvalue weighted by atomic mass is 16.2. The molecule has 2 atom stereocenters. The molecule has 3 amide bonds. The monoisotopic (exact) mass is 402 g/mol. The summed E-state index contributed by atoms with van der Waals surface area (Å²) < 4.78 is 1.90. The van der Waals surface area contributed by atoms with Gasteiger partial charge in [-0.15, -0.1) is 10.2 Å². The zero-order valence-electron chi connectivity index (χ0n) is 17.0. The number of urea groups is 1. The average Bonchev–Trinajstić information content (AvgIpc) is 3.29. The highest BCUT2D eigenvalue weighted by Crippen LogP contribution is 2.41. The van der Waals surface area contributed by atoms with E-state index in [9.17, 15) is 9.59 Å². The zero-order valence-corrected chi connectivity index (χ0v) is 17.0. The number of benzene rings is 2. The standard InChI is InChI=1S/C22H22N6O2/c1-13-9-10-14(2)16(11-13)12-27-17-19(29)23-22(30)26(3)20(17)28-18(24-25-21(27)28)15-7-5-4-6-8-15/h4-11,17,20H,12H2,1-3H3,(H,23,29,30). The number of carbonyl (C=O) groups is 2. The van der Waals surface area contributed by atoms with Crippen LogP contribution in [0.5, 0.6) is 0 Å². The molecule has 0 saturated carbocycles. The van der Waals surface area contributed by atoms with Crippen LogP contribution in [0.1, 0.15) is 22.9 Å². The summed E-state index contributed by atoms with van der Waals surface area (Å²) in [6.07, 6.45) is -0.517. The van der Waals surface area contributed by atoms with E-state index in [1.807, 2.05) is 46.7 Å². The van der Waals surface area contributed by atoms with Crippen LogP contribution in [0.3, 0.4) is 0 Å². The normalized spacial score (nSPS) is 20.2. The van der Waals surface area contributed by atoms with Crippen molar-refractivity contribution in [3.05, 3.63) is 65.2 Å². The molecule has 2 aromatic carbocycles. The molecule has 1 saturated heterocycles. The lowest BCUT2D eigenvalue weighted by Gasteiger charge is -2.37. The van der Waals surface area contributed by atoms with E-state index in [2.05, 4.69) is 40.6 Å². The molecule has 2 aliphatic rings. The Bertz CT molecular complexity index is 1160. The van der Waals surface area contributed by atoms with Gasteiger partial charge < -0.3 is 9.80 Å². The molecular formula is C22H22N6O2. The third-order valence-corrected chi connectivity index (χ3v) is 5.91. The predicted octanol–water partition coefficient (Wildman–Crippen LogP) is 2.63.